The summed E-state index contributed by atoms with van der Waals surface area (Å²) in [7, 11) is 0. The molecule has 0 radical (unpaired) electrons. The van der Waals surface area contributed by atoms with Crippen molar-refractivity contribution in [2.75, 3.05) is 0 Å². The van der Waals surface area contributed by atoms with Gasteiger partial charge in [-0.1, -0.05) is 23.9 Å². The number of carbonyl (C=O) groups is 1. The lowest BCUT2D eigenvalue weighted by molar-refractivity contribution is 0.112. The first-order valence-electron chi connectivity index (χ1n) is 6.36. The molecule has 100 valence electrons. The van der Waals surface area contributed by atoms with E-state index in [1.54, 1.807) is 11.8 Å². The molecule has 0 aliphatic carbocycles. The highest BCUT2D eigenvalue weighted by Crippen LogP contribution is 2.30. The van der Waals surface area contributed by atoms with E-state index >= 15 is 0 Å². The third-order valence-electron chi connectivity index (χ3n) is 3.16. The van der Waals surface area contributed by atoms with Crippen LogP contribution in [0.3, 0.4) is 0 Å². The zero-order chi connectivity index (χ0) is 14.1. The van der Waals surface area contributed by atoms with E-state index in [1.807, 2.05) is 31.2 Å². The number of aromatic amines is 1. The topological polar surface area (TPSA) is 45.8 Å². The van der Waals surface area contributed by atoms with Crippen LogP contribution in [0.25, 0.3) is 11.0 Å². The summed E-state index contributed by atoms with van der Waals surface area (Å²) in [5, 5.41) is 0.868. The summed E-state index contributed by atoms with van der Waals surface area (Å²) in [6.07, 6.45) is 0.866. The summed E-state index contributed by atoms with van der Waals surface area (Å²) in [4.78, 5) is 19.7. The van der Waals surface area contributed by atoms with Gasteiger partial charge in [0.1, 0.15) is 6.29 Å². The summed E-state index contributed by atoms with van der Waals surface area (Å²) in [6, 6.07) is 11.9. The minimum Gasteiger partial charge on any atom is -0.333 e. The number of nitrogens with one attached hydrogen (secondary N) is 1. The molecule has 0 aliphatic rings. The van der Waals surface area contributed by atoms with Crippen LogP contribution in [0.2, 0.25) is 0 Å². The molecular weight excluding hydrogens is 268 g/mol. The van der Waals surface area contributed by atoms with Crippen molar-refractivity contribution in [2.24, 2.45) is 0 Å². The predicted molar refractivity (Wildman–Crippen MR) is 81.5 cm³/mol. The number of benzene rings is 2. The van der Waals surface area contributed by atoms with Crippen molar-refractivity contribution in [3.05, 3.63) is 53.1 Å². The minimum absolute atomic E-state index is 0.701. The Kier molecular flexibility index (Phi) is 3.32. The fourth-order valence-corrected chi connectivity index (χ4v) is 2.98. The highest BCUT2D eigenvalue weighted by Gasteiger charge is 2.07. The fourth-order valence-electron chi connectivity index (χ4n) is 2.11. The fraction of sp³-hybridized carbons (Fsp3) is 0.125. The van der Waals surface area contributed by atoms with Gasteiger partial charge in [-0.2, -0.15) is 0 Å². The van der Waals surface area contributed by atoms with Crippen LogP contribution in [0, 0.1) is 13.8 Å². The number of rotatable bonds is 3. The van der Waals surface area contributed by atoms with E-state index in [1.165, 1.54) is 5.56 Å². The Hall–Kier alpha value is -2.07. The Balaban J connectivity index is 1.94. The largest absolute Gasteiger partial charge is 0.333 e. The highest BCUT2D eigenvalue weighted by atomic mass is 32.2. The first kappa shape index (κ1) is 12.9. The molecule has 1 aromatic heterocycles. The first-order valence-corrected chi connectivity index (χ1v) is 7.17. The zero-order valence-corrected chi connectivity index (χ0v) is 12.1. The summed E-state index contributed by atoms with van der Waals surface area (Å²) in [6.45, 7) is 4.07. The van der Waals surface area contributed by atoms with Crippen molar-refractivity contribution in [3.63, 3.8) is 0 Å². The van der Waals surface area contributed by atoms with Crippen molar-refractivity contribution in [1.29, 1.82) is 0 Å². The summed E-state index contributed by atoms with van der Waals surface area (Å²) in [5.41, 5.74) is 5.02. The van der Waals surface area contributed by atoms with Gasteiger partial charge in [-0.3, -0.25) is 4.79 Å². The van der Waals surface area contributed by atoms with E-state index in [-0.39, 0.29) is 0 Å². The van der Waals surface area contributed by atoms with Gasteiger partial charge in [-0.05, 0) is 49.2 Å². The number of fused-ring (bicyclic) bond motifs is 1. The molecule has 3 rings (SSSR count). The molecule has 0 bridgehead atoms. The van der Waals surface area contributed by atoms with Gasteiger partial charge >= 0.3 is 0 Å². The Bertz CT molecular complexity index is 792. The maximum atomic E-state index is 10.8. The lowest BCUT2D eigenvalue weighted by Crippen LogP contribution is -1.85. The number of H-pyrrole nitrogens is 1. The van der Waals surface area contributed by atoms with Gasteiger partial charge in [0.25, 0.3) is 0 Å². The van der Waals surface area contributed by atoms with Crippen LogP contribution in [0.15, 0.2) is 46.5 Å². The zero-order valence-electron chi connectivity index (χ0n) is 11.3. The summed E-state index contributed by atoms with van der Waals surface area (Å²) < 4.78 is 0. The summed E-state index contributed by atoms with van der Waals surface area (Å²) >= 11 is 1.58. The van der Waals surface area contributed by atoms with E-state index in [0.717, 1.165) is 32.9 Å². The number of imidazole rings is 1. The van der Waals surface area contributed by atoms with Crippen molar-refractivity contribution in [2.45, 2.75) is 23.9 Å². The van der Waals surface area contributed by atoms with E-state index < -0.39 is 0 Å². The van der Waals surface area contributed by atoms with Crippen LogP contribution in [-0.4, -0.2) is 16.3 Å². The molecule has 20 heavy (non-hydrogen) atoms. The van der Waals surface area contributed by atoms with E-state index in [9.17, 15) is 4.79 Å². The average molecular weight is 282 g/mol. The molecule has 3 nitrogen and oxygen atoms in total. The van der Waals surface area contributed by atoms with Gasteiger partial charge in [0.05, 0.1) is 11.0 Å². The maximum Gasteiger partial charge on any atom is 0.171 e. The van der Waals surface area contributed by atoms with Gasteiger partial charge in [0, 0.05) is 10.5 Å². The molecular formula is C16H14N2OS. The second-order valence-corrected chi connectivity index (χ2v) is 5.84. The molecule has 0 saturated carbocycles. The highest BCUT2D eigenvalue weighted by molar-refractivity contribution is 7.99. The normalized spacial score (nSPS) is 10.9. The van der Waals surface area contributed by atoms with Gasteiger partial charge in [0.2, 0.25) is 0 Å². The number of nitrogens with zero attached hydrogens (tertiary/aromatic N) is 1. The van der Waals surface area contributed by atoms with E-state index in [2.05, 4.69) is 29.0 Å². The molecule has 3 aromatic rings. The third kappa shape index (κ3) is 2.47. The van der Waals surface area contributed by atoms with Crippen LogP contribution >= 0.6 is 11.8 Å². The van der Waals surface area contributed by atoms with Gasteiger partial charge in [-0.15, -0.1) is 0 Å². The van der Waals surface area contributed by atoms with Gasteiger partial charge < -0.3 is 4.98 Å². The lowest BCUT2D eigenvalue weighted by atomic mass is 10.2. The Morgan fingerprint density at radius 1 is 1.15 bits per heavy atom. The Labute approximate surface area is 121 Å². The quantitative estimate of drug-likeness (QED) is 0.734. The van der Waals surface area contributed by atoms with Crippen LogP contribution in [0.5, 0.6) is 0 Å². The summed E-state index contributed by atoms with van der Waals surface area (Å²) in [5.74, 6) is 0. The number of aromatic nitrogens is 2. The third-order valence-corrected chi connectivity index (χ3v) is 4.22. The second kappa shape index (κ2) is 5.13. The van der Waals surface area contributed by atoms with Crippen molar-refractivity contribution in [1.82, 2.24) is 9.97 Å². The monoisotopic (exact) mass is 282 g/mol. The number of carbonyl (C=O) groups excluding carboxylic acids is 1. The molecule has 0 fully saturated rings. The van der Waals surface area contributed by atoms with E-state index in [4.69, 9.17) is 0 Å². The number of hydrogen-bond donors (Lipinski definition) is 1. The van der Waals surface area contributed by atoms with Crippen LogP contribution in [0.4, 0.5) is 0 Å². The van der Waals surface area contributed by atoms with Crippen molar-refractivity contribution in [3.8, 4) is 0 Å². The molecule has 0 saturated heterocycles. The molecule has 0 atom stereocenters. The van der Waals surface area contributed by atoms with Crippen LogP contribution < -0.4 is 0 Å². The molecule has 0 spiro atoms. The maximum absolute atomic E-state index is 10.8. The van der Waals surface area contributed by atoms with Crippen molar-refractivity contribution < 1.29 is 4.79 Å². The van der Waals surface area contributed by atoms with Crippen LogP contribution in [0.1, 0.15) is 21.5 Å². The number of aldehydes is 1. The molecule has 1 heterocycles. The lowest BCUT2D eigenvalue weighted by Gasteiger charge is -2.03. The molecule has 1 N–H and O–H groups in total. The van der Waals surface area contributed by atoms with Gasteiger partial charge in [0.15, 0.2) is 5.16 Å². The SMILES string of the molecule is Cc1ccc2nc(Sc3ccc(C=O)cc3C)[nH]c2c1. The number of hydrogen-bond acceptors (Lipinski definition) is 3. The average Bonchev–Trinajstić information content (AvgIpc) is 2.82. The first-order chi connectivity index (χ1) is 9.65. The molecule has 2 aromatic carbocycles. The molecule has 4 heteroatoms. The Morgan fingerprint density at radius 3 is 2.75 bits per heavy atom. The minimum atomic E-state index is 0.701. The van der Waals surface area contributed by atoms with Crippen molar-refractivity contribution >= 4 is 29.1 Å². The molecule has 0 amide bonds. The number of aryl methyl sites for hydroxylation is 2. The molecule has 0 unspecified atom stereocenters. The standard InChI is InChI=1S/C16H14N2OS/c1-10-3-5-13-14(7-10)18-16(17-13)20-15-6-4-12(9-19)8-11(15)2/h3-9H,1-2H3,(H,17,18). The molecule has 0 aliphatic heterocycles. The van der Waals surface area contributed by atoms with E-state index in [0.29, 0.717) is 5.56 Å². The Morgan fingerprint density at radius 2 is 2.00 bits per heavy atom. The van der Waals surface area contributed by atoms with Gasteiger partial charge in [-0.25, -0.2) is 4.98 Å². The second-order valence-electron chi connectivity index (χ2n) is 4.81. The smallest absolute Gasteiger partial charge is 0.171 e. The predicted octanol–water partition coefficient (Wildman–Crippen LogP) is 4.14. The van der Waals surface area contributed by atoms with Crippen LogP contribution in [-0.2, 0) is 0 Å².